The van der Waals surface area contributed by atoms with Crippen molar-refractivity contribution in [3.63, 3.8) is 0 Å². The fourth-order valence-electron chi connectivity index (χ4n) is 5.98. The van der Waals surface area contributed by atoms with Gasteiger partial charge >= 0.3 is 0 Å². The Morgan fingerprint density at radius 2 is 2.23 bits per heavy atom. The summed E-state index contributed by atoms with van der Waals surface area (Å²) >= 11 is 0. The Morgan fingerprint density at radius 1 is 1.42 bits per heavy atom. The molecule has 3 saturated heterocycles. The van der Waals surface area contributed by atoms with E-state index in [1.165, 1.54) is 12.2 Å². The minimum absolute atomic E-state index is 0.0405. The number of rotatable bonds is 2. The number of anilines is 1. The highest BCUT2D eigenvalue weighted by Gasteiger charge is 2.65. The van der Waals surface area contributed by atoms with Gasteiger partial charge in [0.25, 0.3) is 5.91 Å². The predicted molar refractivity (Wildman–Crippen MR) is 95.6 cm³/mol. The Bertz CT molecular complexity index is 755. The molecule has 5 aliphatic rings. The first-order valence-corrected chi connectivity index (χ1v) is 9.60. The van der Waals surface area contributed by atoms with Crippen molar-refractivity contribution in [3.05, 3.63) is 29.8 Å². The van der Waals surface area contributed by atoms with Gasteiger partial charge in [-0.15, -0.1) is 0 Å². The van der Waals surface area contributed by atoms with Crippen LogP contribution in [-0.2, 0) is 19.8 Å². The van der Waals surface area contributed by atoms with Gasteiger partial charge in [-0.25, -0.2) is 0 Å². The molecule has 1 amide bonds. The molecule has 4 fully saturated rings. The standard InChI is InChI=1S/C20H26N2O4/c1-3-19(24)11-21-15-9-20(17-8-14(19)12(15)10-26-17)13-6-4-5-7-16(13)22(25-2)18(20)23/h4-7,12,14-15,17,21,24H,3,8-11H2,1-2H3/t12?,14?,15?,17?,19-,20+/m1/s1. The molecule has 0 radical (unpaired) electrons. The highest BCUT2D eigenvalue weighted by Crippen LogP contribution is 2.56. The number of hydroxylamine groups is 1. The Kier molecular flexibility index (Phi) is 3.54. The SMILES string of the molecule is CC[C@@]1(O)CNC2C[C@@]3(C(=O)N(OC)c4ccccc43)C3CC1C2CO3. The van der Waals surface area contributed by atoms with Crippen molar-refractivity contribution in [2.24, 2.45) is 11.8 Å². The van der Waals surface area contributed by atoms with Crippen molar-refractivity contribution in [1.82, 2.24) is 5.32 Å². The zero-order valence-electron chi connectivity index (χ0n) is 15.3. The highest BCUT2D eigenvalue weighted by atomic mass is 16.7. The van der Waals surface area contributed by atoms with E-state index in [4.69, 9.17) is 9.57 Å². The first kappa shape index (κ1) is 16.7. The number of β-amino-alcohol motifs (C(OH)–C–C–N with tert-alkyl or cyclic N) is 1. The lowest BCUT2D eigenvalue weighted by Crippen LogP contribution is -2.62. The Morgan fingerprint density at radius 3 is 3.00 bits per heavy atom. The molecular formula is C20H26N2O4. The molecule has 1 saturated carbocycles. The molecule has 1 aromatic rings. The van der Waals surface area contributed by atoms with Crippen LogP contribution in [-0.4, -0.2) is 49.0 Å². The summed E-state index contributed by atoms with van der Waals surface area (Å²) < 4.78 is 6.28. The van der Waals surface area contributed by atoms with Crippen LogP contribution in [0, 0.1) is 11.8 Å². The quantitative estimate of drug-likeness (QED) is 0.836. The number of benzene rings is 1. The minimum Gasteiger partial charge on any atom is -0.388 e. The Balaban J connectivity index is 1.66. The number of ether oxygens (including phenoxy) is 1. The molecule has 1 spiro atoms. The fourth-order valence-corrected chi connectivity index (χ4v) is 5.98. The van der Waals surface area contributed by atoms with E-state index in [0.717, 1.165) is 11.3 Å². The van der Waals surface area contributed by atoms with Gasteiger partial charge in [-0.3, -0.25) is 9.63 Å². The smallest absolute Gasteiger partial charge is 0.264 e. The number of hydrogen-bond donors (Lipinski definition) is 2. The zero-order chi connectivity index (χ0) is 18.1. The first-order chi connectivity index (χ1) is 12.5. The summed E-state index contributed by atoms with van der Waals surface area (Å²) in [6.07, 6.45) is 1.88. The molecule has 4 heterocycles. The monoisotopic (exact) mass is 358 g/mol. The number of aliphatic hydroxyl groups is 1. The van der Waals surface area contributed by atoms with Crippen molar-refractivity contribution >= 4 is 11.6 Å². The zero-order valence-corrected chi connectivity index (χ0v) is 15.3. The normalized spacial score (nSPS) is 43.7. The molecule has 4 unspecified atom stereocenters. The van der Waals surface area contributed by atoms with E-state index in [2.05, 4.69) is 5.32 Å². The molecule has 26 heavy (non-hydrogen) atoms. The van der Waals surface area contributed by atoms with Crippen molar-refractivity contribution < 1.29 is 19.5 Å². The van der Waals surface area contributed by atoms with E-state index in [1.54, 1.807) is 0 Å². The summed E-state index contributed by atoms with van der Waals surface area (Å²) in [6.45, 7) is 3.22. The number of amides is 1. The average molecular weight is 358 g/mol. The molecule has 6 rings (SSSR count). The van der Waals surface area contributed by atoms with Crippen LogP contribution in [0.5, 0.6) is 0 Å². The second-order valence-electron chi connectivity index (χ2n) is 8.25. The van der Waals surface area contributed by atoms with Gasteiger partial charge in [-0.1, -0.05) is 25.1 Å². The summed E-state index contributed by atoms with van der Waals surface area (Å²) in [5.41, 5.74) is 0.338. The summed E-state index contributed by atoms with van der Waals surface area (Å²) in [7, 11) is 1.54. The third-order valence-corrected chi connectivity index (χ3v) is 7.41. The number of hydrogen-bond acceptors (Lipinski definition) is 5. The van der Waals surface area contributed by atoms with Gasteiger partial charge in [-0.2, -0.15) is 5.06 Å². The molecule has 6 nitrogen and oxygen atoms in total. The van der Waals surface area contributed by atoms with Crippen molar-refractivity contribution in [2.45, 2.75) is 49.3 Å². The van der Waals surface area contributed by atoms with Crippen LogP contribution < -0.4 is 10.4 Å². The summed E-state index contributed by atoms with van der Waals surface area (Å²) in [5, 5.41) is 16.2. The topological polar surface area (TPSA) is 71.0 Å². The molecule has 0 aromatic heterocycles. The van der Waals surface area contributed by atoms with E-state index in [9.17, 15) is 9.90 Å². The molecular weight excluding hydrogens is 332 g/mol. The van der Waals surface area contributed by atoms with Crippen LogP contribution in [0.4, 0.5) is 5.69 Å². The molecule has 140 valence electrons. The largest absolute Gasteiger partial charge is 0.388 e. The van der Waals surface area contributed by atoms with E-state index in [1.807, 2.05) is 31.2 Å². The van der Waals surface area contributed by atoms with Crippen molar-refractivity contribution in [1.29, 1.82) is 0 Å². The summed E-state index contributed by atoms with van der Waals surface area (Å²) in [5.74, 6) is 0.357. The third-order valence-electron chi connectivity index (χ3n) is 7.41. The van der Waals surface area contributed by atoms with Gasteiger partial charge in [0, 0.05) is 18.5 Å². The third kappa shape index (κ3) is 1.88. The number of piperidine rings is 1. The number of nitrogens with one attached hydrogen (secondary N) is 1. The molecule has 4 bridgehead atoms. The van der Waals surface area contributed by atoms with E-state index >= 15 is 0 Å². The van der Waals surface area contributed by atoms with Crippen molar-refractivity contribution in [3.8, 4) is 0 Å². The minimum atomic E-state index is -0.743. The molecule has 6 heteroatoms. The second-order valence-corrected chi connectivity index (χ2v) is 8.25. The molecule has 1 aromatic carbocycles. The Hall–Kier alpha value is -1.47. The summed E-state index contributed by atoms with van der Waals surface area (Å²) in [4.78, 5) is 19.0. The highest BCUT2D eigenvalue weighted by molar-refractivity contribution is 6.07. The van der Waals surface area contributed by atoms with Crippen LogP contribution in [0.25, 0.3) is 0 Å². The lowest BCUT2D eigenvalue weighted by Gasteiger charge is -2.50. The van der Waals surface area contributed by atoms with Crippen LogP contribution in [0.15, 0.2) is 24.3 Å². The van der Waals surface area contributed by atoms with E-state index < -0.39 is 11.0 Å². The van der Waals surface area contributed by atoms with Gasteiger partial charge in [0.1, 0.15) is 5.41 Å². The van der Waals surface area contributed by atoms with Gasteiger partial charge < -0.3 is 15.2 Å². The van der Waals surface area contributed by atoms with E-state index in [-0.39, 0.29) is 29.9 Å². The predicted octanol–water partition coefficient (Wildman–Crippen LogP) is 1.37. The van der Waals surface area contributed by atoms with Crippen LogP contribution in [0.1, 0.15) is 31.7 Å². The van der Waals surface area contributed by atoms with Gasteiger partial charge in [0.15, 0.2) is 0 Å². The van der Waals surface area contributed by atoms with Gasteiger partial charge in [-0.05, 0) is 36.8 Å². The second kappa shape index (κ2) is 5.52. The number of carbonyl (C=O) groups excluding carboxylic acids is 1. The molecule has 1 aliphatic carbocycles. The Labute approximate surface area is 153 Å². The maximum absolute atomic E-state index is 13.6. The average Bonchev–Trinajstić information content (AvgIpc) is 2.77. The van der Waals surface area contributed by atoms with Crippen molar-refractivity contribution in [2.75, 3.05) is 25.3 Å². The van der Waals surface area contributed by atoms with Gasteiger partial charge in [0.2, 0.25) is 0 Å². The van der Waals surface area contributed by atoms with Gasteiger partial charge in [0.05, 0.1) is 31.1 Å². The lowest BCUT2D eigenvalue weighted by atomic mass is 9.68. The van der Waals surface area contributed by atoms with Crippen LogP contribution >= 0.6 is 0 Å². The number of para-hydroxylation sites is 1. The van der Waals surface area contributed by atoms with E-state index in [0.29, 0.717) is 32.4 Å². The number of carbonyl (C=O) groups is 1. The summed E-state index contributed by atoms with van der Waals surface area (Å²) in [6, 6.07) is 8.04. The first-order valence-electron chi connectivity index (χ1n) is 9.60. The molecule has 6 atom stereocenters. The maximum atomic E-state index is 13.6. The number of nitrogens with zero attached hydrogens (tertiary/aromatic N) is 1. The van der Waals surface area contributed by atoms with Crippen LogP contribution in [0.3, 0.4) is 0 Å². The fraction of sp³-hybridized carbons (Fsp3) is 0.650. The molecule has 2 N–H and O–H groups in total. The number of fused-ring (bicyclic) bond motifs is 2. The molecule has 4 aliphatic heterocycles. The van der Waals surface area contributed by atoms with Crippen LogP contribution in [0.2, 0.25) is 0 Å². The maximum Gasteiger partial charge on any atom is 0.264 e. The lowest BCUT2D eigenvalue weighted by molar-refractivity contribution is -0.154.